The van der Waals surface area contributed by atoms with Gasteiger partial charge >= 0.3 is 0 Å². The predicted molar refractivity (Wildman–Crippen MR) is 131 cm³/mol. The first-order valence-electron chi connectivity index (χ1n) is 12.1. The lowest BCUT2D eigenvalue weighted by Crippen LogP contribution is -2.34. The maximum absolute atomic E-state index is 11.8. The van der Waals surface area contributed by atoms with Gasteiger partial charge in [-0.2, -0.15) is 0 Å². The highest BCUT2D eigenvalue weighted by Crippen LogP contribution is 2.40. The normalized spacial score (nSPS) is 17.7. The number of anilines is 1. The van der Waals surface area contributed by atoms with Crippen molar-refractivity contribution < 1.29 is 27.2 Å². The van der Waals surface area contributed by atoms with E-state index in [2.05, 4.69) is 39.9 Å². The molecule has 4 heterocycles. The number of sulfone groups is 1. The van der Waals surface area contributed by atoms with Crippen LogP contribution < -0.4 is 9.64 Å². The Morgan fingerprint density at radius 3 is 2.36 bits per heavy atom. The van der Waals surface area contributed by atoms with Gasteiger partial charge in [0.15, 0.2) is 16.1 Å². The Morgan fingerprint density at radius 1 is 1.06 bits per heavy atom. The predicted octanol–water partition coefficient (Wildman–Crippen LogP) is 4.21. The van der Waals surface area contributed by atoms with Crippen molar-refractivity contribution in [3.8, 4) is 11.6 Å². The van der Waals surface area contributed by atoms with Crippen LogP contribution in [0.5, 0.6) is 11.6 Å². The Kier molecular flexibility index (Phi) is 6.96. The van der Waals surface area contributed by atoms with Crippen molar-refractivity contribution in [1.29, 1.82) is 0 Å². The van der Waals surface area contributed by atoms with Crippen molar-refractivity contribution in [1.82, 2.24) is 15.1 Å². The molecular formula is C25H30N4O6S. The number of piperidine rings is 1. The summed E-state index contributed by atoms with van der Waals surface area (Å²) in [6.07, 6.45) is 3.77. The molecule has 10 nitrogen and oxygen atoms in total. The molecule has 2 aliphatic heterocycles. The van der Waals surface area contributed by atoms with Crippen molar-refractivity contribution >= 4 is 15.7 Å². The van der Waals surface area contributed by atoms with Crippen molar-refractivity contribution in [3.05, 3.63) is 53.7 Å². The molecule has 192 valence electrons. The maximum atomic E-state index is 11.8. The monoisotopic (exact) mass is 514 g/mol. The Bertz CT molecular complexity index is 1290. The Labute approximate surface area is 210 Å². The van der Waals surface area contributed by atoms with Gasteiger partial charge in [0, 0.05) is 31.3 Å². The number of benzene rings is 1. The second-order valence-corrected chi connectivity index (χ2v) is 11.4. The summed E-state index contributed by atoms with van der Waals surface area (Å²) in [5, 5.41) is 4.21. The van der Waals surface area contributed by atoms with Gasteiger partial charge in [0.05, 0.1) is 23.8 Å². The minimum absolute atomic E-state index is 0.219. The van der Waals surface area contributed by atoms with Gasteiger partial charge in [-0.15, -0.1) is 0 Å². The van der Waals surface area contributed by atoms with Crippen LogP contribution in [-0.2, 0) is 19.3 Å². The van der Waals surface area contributed by atoms with Crippen LogP contribution in [-0.4, -0.2) is 56.1 Å². The molecule has 0 N–H and O–H groups in total. The number of hydrogen-bond donors (Lipinski definition) is 0. The first-order valence-corrected chi connectivity index (χ1v) is 14.0. The van der Waals surface area contributed by atoms with E-state index in [1.807, 2.05) is 0 Å². The quantitative estimate of drug-likeness (QED) is 0.454. The lowest BCUT2D eigenvalue weighted by molar-refractivity contribution is -0.0454. The van der Waals surface area contributed by atoms with Crippen molar-refractivity contribution in [2.75, 3.05) is 37.5 Å². The molecule has 0 spiro atoms. The van der Waals surface area contributed by atoms with Crippen LogP contribution in [0, 0.1) is 0 Å². The molecule has 11 heteroatoms. The molecule has 0 aliphatic carbocycles. The minimum atomic E-state index is -3.30. The highest BCUT2D eigenvalue weighted by molar-refractivity contribution is 7.90. The summed E-state index contributed by atoms with van der Waals surface area (Å²) >= 11 is 0. The molecular weight excluding hydrogens is 484 g/mol. The average molecular weight is 515 g/mol. The van der Waals surface area contributed by atoms with Gasteiger partial charge in [-0.05, 0) is 43.0 Å². The van der Waals surface area contributed by atoms with Gasteiger partial charge < -0.3 is 23.6 Å². The van der Waals surface area contributed by atoms with Crippen LogP contribution in [0.25, 0.3) is 0 Å². The highest BCUT2D eigenvalue weighted by Gasteiger charge is 2.33. The summed E-state index contributed by atoms with van der Waals surface area (Å²) in [4.78, 5) is 11.4. The fourth-order valence-corrected chi connectivity index (χ4v) is 5.08. The van der Waals surface area contributed by atoms with E-state index in [1.165, 1.54) is 24.7 Å². The fourth-order valence-electron chi connectivity index (χ4n) is 4.45. The lowest BCUT2D eigenvalue weighted by Gasteiger charge is -2.33. The molecule has 0 amide bonds. The molecule has 0 bridgehead atoms. The Balaban J connectivity index is 1.38. The molecule has 2 aliphatic rings. The number of aromatic nitrogens is 3. The molecule has 5 rings (SSSR count). The third-order valence-electron chi connectivity index (χ3n) is 6.49. The molecule has 0 unspecified atom stereocenters. The van der Waals surface area contributed by atoms with Crippen LogP contribution >= 0.6 is 0 Å². The molecule has 2 aromatic heterocycles. The molecule has 0 saturated carbocycles. The van der Waals surface area contributed by atoms with Gasteiger partial charge in [-0.25, -0.2) is 18.4 Å². The summed E-state index contributed by atoms with van der Waals surface area (Å²) in [5.41, 5.74) is 1.61. The van der Waals surface area contributed by atoms with E-state index in [4.69, 9.17) is 18.7 Å². The molecule has 3 aromatic rings. The van der Waals surface area contributed by atoms with Gasteiger partial charge in [0.2, 0.25) is 5.88 Å². The van der Waals surface area contributed by atoms with Crippen molar-refractivity contribution in [2.24, 2.45) is 0 Å². The number of rotatable bonds is 7. The standard InChI is InChI=1S/C25H30N4O6S/c1-16(2)20-14-21(35-28-20)17-8-10-29(11-9-17)23-22(25-32-12-13-33-25)24(27-15-26-23)34-18-4-6-19(7-5-18)36(3,30)31/h4-7,14-17,25H,8-13H2,1-3H3. The summed E-state index contributed by atoms with van der Waals surface area (Å²) < 4.78 is 46.9. The third kappa shape index (κ3) is 5.23. The first-order chi connectivity index (χ1) is 17.3. The van der Waals surface area contributed by atoms with Crippen molar-refractivity contribution in [2.45, 2.75) is 49.7 Å². The van der Waals surface area contributed by atoms with Gasteiger partial charge in [-0.1, -0.05) is 19.0 Å². The highest BCUT2D eigenvalue weighted by atomic mass is 32.2. The smallest absolute Gasteiger partial charge is 0.232 e. The largest absolute Gasteiger partial charge is 0.438 e. The van der Waals surface area contributed by atoms with E-state index < -0.39 is 16.1 Å². The van der Waals surface area contributed by atoms with E-state index in [9.17, 15) is 8.42 Å². The molecule has 0 radical (unpaired) electrons. The van der Waals surface area contributed by atoms with E-state index in [0.717, 1.165) is 37.4 Å². The first kappa shape index (κ1) is 24.7. The Morgan fingerprint density at radius 2 is 1.75 bits per heavy atom. The van der Waals surface area contributed by atoms with E-state index >= 15 is 0 Å². The molecule has 2 fully saturated rings. The maximum Gasteiger partial charge on any atom is 0.232 e. The summed E-state index contributed by atoms with van der Waals surface area (Å²) in [7, 11) is -3.30. The van der Waals surface area contributed by atoms with E-state index in [1.54, 1.807) is 12.1 Å². The van der Waals surface area contributed by atoms with Crippen LogP contribution in [0.2, 0.25) is 0 Å². The van der Waals surface area contributed by atoms with Gasteiger partial charge in [0.1, 0.15) is 29.2 Å². The Hall–Kier alpha value is -3.02. The van der Waals surface area contributed by atoms with Crippen LogP contribution in [0.1, 0.15) is 61.8 Å². The number of ether oxygens (including phenoxy) is 3. The summed E-state index contributed by atoms with van der Waals surface area (Å²) in [6, 6.07) is 8.30. The third-order valence-corrected chi connectivity index (χ3v) is 7.61. The average Bonchev–Trinajstić information content (AvgIpc) is 3.57. The van der Waals surface area contributed by atoms with Crippen LogP contribution in [0.3, 0.4) is 0 Å². The van der Waals surface area contributed by atoms with Crippen molar-refractivity contribution in [3.63, 3.8) is 0 Å². The van der Waals surface area contributed by atoms with Crippen LogP contribution in [0.15, 0.2) is 46.1 Å². The summed E-state index contributed by atoms with van der Waals surface area (Å²) in [5.74, 6) is 3.05. The molecule has 36 heavy (non-hydrogen) atoms. The SMILES string of the molecule is CC(C)c1cc(C2CCN(c3ncnc(Oc4ccc(S(C)(=O)=O)cc4)c3C3OCCO3)CC2)on1. The zero-order chi connectivity index (χ0) is 25.3. The van der Waals surface area contributed by atoms with Gasteiger partial charge in [-0.3, -0.25) is 0 Å². The van der Waals surface area contributed by atoms with Crippen LogP contribution in [0.4, 0.5) is 5.82 Å². The van der Waals surface area contributed by atoms with Gasteiger partial charge in [0.25, 0.3) is 0 Å². The summed E-state index contributed by atoms with van der Waals surface area (Å²) in [6.45, 7) is 6.67. The second kappa shape index (κ2) is 10.2. The van der Waals surface area contributed by atoms with E-state index in [0.29, 0.717) is 48.1 Å². The zero-order valence-corrected chi connectivity index (χ0v) is 21.4. The molecule has 2 saturated heterocycles. The minimum Gasteiger partial charge on any atom is -0.438 e. The van der Waals surface area contributed by atoms with E-state index in [-0.39, 0.29) is 4.90 Å². The number of nitrogens with zero attached hydrogens (tertiary/aromatic N) is 4. The fraction of sp³-hybridized carbons (Fsp3) is 0.480. The molecule has 0 atom stereocenters. The second-order valence-electron chi connectivity index (χ2n) is 9.41. The topological polar surface area (TPSA) is 117 Å². The lowest BCUT2D eigenvalue weighted by atomic mass is 9.93. The molecule has 1 aromatic carbocycles. The number of hydrogen-bond acceptors (Lipinski definition) is 10. The zero-order valence-electron chi connectivity index (χ0n) is 20.6.